The quantitative estimate of drug-likeness (QED) is 0.735. The topological polar surface area (TPSA) is 21.1 Å². The summed E-state index contributed by atoms with van der Waals surface area (Å²) in [5.74, 6) is 0. The Kier molecular flexibility index (Phi) is 4.11. The molecule has 0 aliphatic carbocycles. The largest absolute Gasteiger partial charge is 0.344 e. The van der Waals surface area contributed by atoms with Crippen molar-refractivity contribution in [3.05, 3.63) is 65.1 Å². The van der Waals surface area contributed by atoms with Gasteiger partial charge in [0.15, 0.2) is 0 Å². The molecule has 0 saturated carbocycles. The third-order valence-corrected chi connectivity index (χ3v) is 5.29. The number of hydrogen-bond acceptors (Lipinski definition) is 2. The van der Waals surface area contributed by atoms with Gasteiger partial charge in [0.05, 0.1) is 0 Å². The van der Waals surface area contributed by atoms with E-state index in [1.807, 2.05) is 12.4 Å². The van der Waals surface area contributed by atoms with Crippen LogP contribution in [0.2, 0.25) is 0 Å². The van der Waals surface area contributed by atoms with E-state index in [4.69, 9.17) is 0 Å². The van der Waals surface area contributed by atoms with E-state index in [1.165, 1.54) is 22.0 Å². The summed E-state index contributed by atoms with van der Waals surface area (Å²) < 4.78 is 2.57. The molecule has 3 heteroatoms. The number of aryl methyl sites for hydroxylation is 3. The van der Waals surface area contributed by atoms with Crippen LogP contribution in [-0.4, -0.2) is 34.6 Å². The minimum Gasteiger partial charge on any atom is -0.344 e. The van der Waals surface area contributed by atoms with E-state index in [1.54, 1.807) is 11.3 Å². The molecule has 0 spiro atoms. The van der Waals surface area contributed by atoms with Crippen LogP contribution in [0.25, 0.3) is 10.9 Å². The van der Waals surface area contributed by atoms with E-state index in [-0.39, 0.29) is 0 Å². The van der Waals surface area contributed by atoms with Gasteiger partial charge in [-0.2, -0.15) is 0 Å². The Morgan fingerprint density at radius 2 is 1.83 bits per heavy atom. The van der Waals surface area contributed by atoms with Crippen molar-refractivity contribution in [1.29, 1.82) is 0 Å². The number of fused-ring (bicyclic) bond motifs is 3. The molecule has 0 bridgehead atoms. The highest BCUT2D eigenvalue weighted by atomic mass is 15.1. The van der Waals surface area contributed by atoms with Crippen LogP contribution in [0.3, 0.4) is 0 Å². The molecule has 3 heterocycles. The average Bonchev–Trinajstić information content (AvgIpc) is 2.74. The van der Waals surface area contributed by atoms with Gasteiger partial charge in [0, 0.05) is 55.0 Å². The van der Waals surface area contributed by atoms with Gasteiger partial charge in [-0.05, 0) is 62.2 Å². The number of likely N-dealkylation sites (N-methyl/N-ethyl adjacent to an activating group) is 1. The molecule has 0 saturated heterocycles. The van der Waals surface area contributed by atoms with Gasteiger partial charge in [-0.15, -0.1) is 0 Å². The molecule has 0 atom stereocenters. The highest BCUT2D eigenvalue weighted by Gasteiger charge is 2.20. The smallest absolute Gasteiger partial charge is 0.0485 e. The Morgan fingerprint density at radius 3 is 2.67 bits per heavy atom. The number of hydrogen-bond donors (Lipinski definition) is 0. The standard InChI is InChI=1S/C21H25N3/c1-16-3-4-20-19(15-16)18-8-12-23(2)13-9-21(18)24(20)14-7-17-5-10-22-11-6-17/h3-6,10-11,15H,7-9,12-14H2,1-2H3. The van der Waals surface area contributed by atoms with Crippen LogP contribution in [-0.2, 0) is 25.8 Å². The van der Waals surface area contributed by atoms with E-state index in [0.29, 0.717) is 0 Å². The molecule has 1 aromatic carbocycles. The zero-order valence-corrected chi connectivity index (χ0v) is 14.6. The molecule has 124 valence electrons. The molecule has 1 aliphatic heterocycles. The molecule has 2 aromatic heterocycles. The number of aromatic nitrogens is 2. The number of pyridine rings is 1. The fraction of sp³-hybridized carbons (Fsp3) is 0.381. The van der Waals surface area contributed by atoms with Gasteiger partial charge in [0.2, 0.25) is 0 Å². The van der Waals surface area contributed by atoms with Crippen LogP contribution in [0.5, 0.6) is 0 Å². The molecule has 3 aromatic rings. The highest BCUT2D eigenvalue weighted by molar-refractivity contribution is 5.86. The van der Waals surface area contributed by atoms with Crippen molar-refractivity contribution in [2.75, 3.05) is 20.1 Å². The molecular weight excluding hydrogens is 294 g/mol. The van der Waals surface area contributed by atoms with Crippen LogP contribution < -0.4 is 0 Å². The molecule has 0 amide bonds. The summed E-state index contributed by atoms with van der Waals surface area (Å²) in [5.41, 5.74) is 7.25. The summed E-state index contributed by atoms with van der Waals surface area (Å²) in [4.78, 5) is 6.58. The van der Waals surface area contributed by atoms with Gasteiger partial charge in [-0.25, -0.2) is 0 Å². The lowest BCUT2D eigenvalue weighted by Gasteiger charge is -2.14. The van der Waals surface area contributed by atoms with Gasteiger partial charge in [0.1, 0.15) is 0 Å². The summed E-state index contributed by atoms with van der Waals surface area (Å²) in [6.07, 6.45) is 7.15. The minimum atomic E-state index is 1.04. The molecule has 0 radical (unpaired) electrons. The first-order chi connectivity index (χ1) is 11.7. The van der Waals surface area contributed by atoms with Crippen molar-refractivity contribution in [2.45, 2.75) is 32.7 Å². The Balaban J connectivity index is 1.76. The maximum atomic E-state index is 4.13. The van der Waals surface area contributed by atoms with Crippen molar-refractivity contribution < 1.29 is 0 Å². The third-order valence-electron chi connectivity index (χ3n) is 5.29. The third kappa shape index (κ3) is 2.84. The average molecular weight is 319 g/mol. The normalized spacial score (nSPS) is 15.4. The first kappa shape index (κ1) is 15.4. The van der Waals surface area contributed by atoms with Crippen molar-refractivity contribution in [2.24, 2.45) is 0 Å². The fourth-order valence-corrected chi connectivity index (χ4v) is 3.91. The first-order valence-electron chi connectivity index (χ1n) is 8.90. The van der Waals surface area contributed by atoms with Crippen LogP contribution >= 0.6 is 0 Å². The van der Waals surface area contributed by atoms with E-state index in [2.05, 4.69) is 58.8 Å². The molecule has 3 nitrogen and oxygen atoms in total. The second-order valence-electron chi connectivity index (χ2n) is 7.01. The molecule has 24 heavy (non-hydrogen) atoms. The van der Waals surface area contributed by atoms with Gasteiger partial charge < -0.3 is 9.47 Å². The second kappa shape index (κ2) is 6.40. The van der Waals surface area contributed by atoms with E-state index < -0.39 is 0 Å². The Labute approximate surface area is 143 Å². The summed E-state index contributed by atoms with van der Waals surface area (Å²) in [5, 5.41) is 1.47. The predicted octanol–water partition coefficient (Wildman–Crippen LogP) is 3.62. The highest BCUT2D eigenvalue weighted by Crippen LogP contribution is 2.30. The SMILES string of the molecule is Cc1ccc2c(c1)c1c(n2CCc2ccncc2)CCN(C)CC1. The van der Waals surface area contributed by atoms with Crippen LogP contribution in [0.15, 0.2) is 42.7 Å². The lowest BCUT2D eigenvalue weighted by molar-refractivity contribution is 0.351. The van der Waals surface area contributed by atoms with Gasteiger partial charge >= 0.3 is 0 Å². The molecule has 0 unspecified atom stereocenters. The van der Waals surface area contributed by atoms with Crippen molar-refractivity contribution in [1.82, 2.24) is 14.5 Å². The summed E-state index contributed by atoms with van der Waals surface area (Å²) in [7, 11) is 2.24. The summed E-state index contributed by atoms with van der Waals surface area (Å²) >= 11 is 0. The Hall–Kier alpha value is -2.13. The van der Waals surface area contributed by atoms with E-state index in [0.717, 1.165) is 38.9 Å². The monoisotopic (exact) mass is 319 g/mol. The number of rotatable bonds is 3. The van der Waals surface area contributed by atoms with Crippen molar-refractivity contribution in [3.63, 3.8) is 0 Å². The summed E-state index contributed by atoms with van der Waals surface area (Å²) in [6.45, 7) is 5.55. The minimum absolute atomic E-state index is 1.04. The second-order valence-corrected chi connectivity index (χ2v) is 7.01. The molecule has 0 N–H and O–H groups in total. The van der Waals surface area contributed by atoms with Gasteiger partial charge in [0.25, 0.3) is 0 Å². The molecule has 4 rings (SSSR count). The van der Waals surface area contributed by atoms with Gasteiger partial charge in [-0.3, -0.25) is 4.98 Å². The predicted molar refractivity (Wildman–Crippen MR) is 99.5 cm³/mol. The number of nitrogens with zero attached hydrogens (tertiary/aromatic N) is 3. The maximum Gasteiger partial charge on any atom is 0.0485 e. The lowest BCUT2D eigenvalue weighted by Crippen LogP contribution is -2.21. The van der Waals surface area contributed by atoms with Crippen LogP contribution in [0, 0.1) is 6.92 Å². The van der Waals surface area contributed by atoms with Crippen LogP contribution in [0.4, 0.5) is 0 Å². The van der Waals surface area contributed by atoms with Crippen molar-refractivity contribution >= 4 is 10.9 Å². The van der Waals surface area contributed by atoms with Crippen molar-refractivity contribution in [3.8, 4) is 0 Å². The zero-order valence-electron chi connectivity index (χ0n) is 14.6. The lowest BCUT2D eigenvalue weighted by atomic mass is 10.1. The first-order valence-corrected chi connectivity index (χ1v) is 8.90. The molecular formula is C21H25N3. The Morgan fingerprint density at radius 1 is 1.04 bits per heavy atom. The fourth-order valence-electron chi connectivity index (χ4n) is 3.91. The van der Waals surface area contributed by atoms with E-state index >= 15 is 0 Å². The molecule has 1 aliphatic rings. The maximum absolute atomic E-state index is 4.13. The molecule has 0 fully saturated rings. The van der Waals surface area contributed by atoms with Gasteiger partial charge in [-0.1, -0.05) is 11.6 Å². The van der Waals surface area contributed by atoms with E-state index in [9.17, 15) is 0 Å². The van der Waals surface area contributed by atoms with Crippen LogP contribution in [0.1, 0.15) is 22.4 Å². The number of benzene rings is 1. The summed E-state index contributed by atoms with van der Waals surface area (Å²) in [6, 6.07) is 11.2. The zero-order chi connectivity index (χ0) is 16.5. The Bertz CT molecular complexity index is 848.